The van der Waals surface area contributed by atoms with Crippen LogP contribution in [0.1, 0.15) is 23.7 Å². The molecule has 1 N–H and O–H groups in total. The van der Waals surface area contributed by atoms with Crippen molar-refractivity contribution in [1.29, 1.82) is 0 Å². The fraction of sp³-hybridized carbons (Fsp3) is 0.0952. The summed E-state index contributed by atoms with van der Waals surface area (Å²) < 4.78 is 5.57. The second kappa shape index (κ2) is 6.80. The zero-order valence-electron chi connectivity index (χ0n) is 14.3. The van der Waals surface area contributed by atoms with Gasteiger partial charge < -0.3 is 9.72 Å². The lowest BCUT2D eigenvalue weighted by molar-refractivity contribution is 0.329. The lowest BCUT2D eigenvalue weighted by atomic mass is 10.1. The topological polar surface area (TPSA) is 67.3 Å². The highest BCUT2D eigenvalue weighted by Crippen LogP contribution is 2.28. The van der Waals surface area contributed by atoms with Crippen LogP contribution in [0.5, 0.6) is 0 Å². The van der Waals surface area contributed by atoms with E-state index in [1.165, 1.54) is 0 Å². The number of benzene rings is 2. The molecule has 128 valence electrons. The Morgan fingerprint density at radius 3 is 2.42 bits per heavy atom. The molecule has 0 aliphatic carbocycles. The molecular weight excluding hydrogens is 326 g/mol. The van der Waals surface area contributed by atoms with E-state index in [2.05, 4.69) is 15.0 Å². The predicted molar refractivity (Wildman–Crippen MR) is 103 cm³/mol. The van der Waals surface area contributed by atoms with Crippen molar-refractivity contribution >= 4 is 17.7 Å². The van der Waals surface area contributed by atoms with E-state index in [0.717, 1.165) is 11.1 Å². The minimum Gasteiger partial charge on any atom is -0.477 e. The van der Waals surface area contributed by atoms with Crippen molar-refractivity contribution < 1.29 is 4.74 Å². The number of fused-ring (bicyclic) bond motifs is 1. The van der Waals surface area contributed by atoms with E-state index < -0.39 is 0 Å². The van der Waals surface area contributed by atoms with Crippen LogP contribution in [0.15, 0.2) is 70.5 Å². The normalized spacial score (nSPS) is 14.2. The van der Waals surface area contributed by atoms with Gasteiger partial charge in [0.15, 0.2) is 0 Å². The van der Waals surface area contributed by atoms with E-state index in [9.17, 15) is 4.79 Å². The molecule has 3 aromatic rings. The second-order valence-corrected chi connectivity index (χ2v) is 5.79. The smallest absolute Gasteiger partial charge is 0.264 e. The van der Waals surface area contributed by atoms with Crippen LogP contribution in [0.3, 0.4) is 0 Å². The van der Waals surface area contributed by atoms with Crippen molar-refractivity contribution in [3.63, 3.8) is 0 Å². The van der Waals surface area contributed by atoms with Crippen LogP contribution in [0.4, 0.5) is 0 Å². The Kier molecular flexibility index (Phi) is 4.19. The molecule has 2 aromatic carbocycles. The zero-order chi connectivity index (χ0) is 17.9. The van der Waals surface area contributed by atoms with Crippen molar-refractivity contribution in [2.75, 3.05) is 6.61 Å². The van der Waals surface area contributed by atoms with Crippen LogP contribution in [0.2, 0.25) is 0 Å². The fourth-order valence-corrected chi connectivity index (χ4v) is 2.86. The minimum atomic E-state index is -0.252. The molecule has 0 bridgehead atoms. The van der Waals surface area contributed by atoms with Crippen LogP contribution in [0.25, 0.3) is 23.2 Å². The molecule has 2 heterocycles. The first-order valence-electron chi connectivity index (χ1n) is 8.45. The van der Waals surface area contributed by atoms with Crippen LogP contribution in [-0.2, 0) is 4.74 Å². The maximum Gasteiger partial charge on any atom is 0.264 e. The summed E-state index contributed by atoms with van der Waals surface area (Å²) in [5.74, 6) is 0.833. The first-order valence-corrected chi connectivity index (χ1v) is 8.45. The van der Waals surface area contributed by atoms with Crippen LogP contribution < -0.4 is 5.56 Å². The van der Waals surface area contributed by atoms with Gasteiger partial charge in [-0.05, 0) is 18.6 Å². The Morgan fingerprint density at radius 2 is 1.73 bits per heavy atom. The molecule has 0 amide bonds. The molecule has 1 aliphatic heterocycles. The van der Waals surface area contributed by atoms with Gasteiger partial charge in [-0.25, -0.2) is 9.98 Å². The molecule has 0 fully saturated rings. The number of rotatable bonds is 3. The van der Waals surface area contributed by atoms with E-state index in [-0.39, 0.29) is 5.56 Å². The highest BCUT2D eigenvalue weighted by Gasteiger charge is 2.27. The van der Waals surface area contributed by atoms with Gasteiger partial charge in [-0.1, -0.05) is 60.7 Å². The second-order valence-electron chi connectivity index (χ2n) is 5.79. The summed E-state index contributed by atoms with van der Waals surface area (Å²) in [6.45, 7) is 2.29. The van der Waals surface area contributed by atoms with Crippen LogP contribution >= 0.6 is 0 Å². The largest absolute Gasteiger partial charge is 0.477 e. The number of nitrogens with zero attached hydrogens (tertiary/aromatic N) is 2. The number of hydrogen-bond acceptors (Lipinski definition) is 4. The monoisotopic (exact) mass is 343 g/mol. The molecule has 5 nitrogen and oxygen atoms in total. The van der Waals surface area contributed by atoms with E-state index in [0.29, 0.717) is 35.3 Å². The van der Waals surface area contributed by atoms with Gasteiger partial charge in [-0.2, -0.15) is 0 Å². The summed E-state index contributed by atoms with van der Waals surface area (Å²) >= 11 is 0. The molecule has 5 heteroatoms. The standard InChI is InChI=1S/C21H17N3O2/c1-2-26-21-17-18(16(22-21)13-14-9-5-3-6-10-14)23-19(24-20(17)25)15-11-7-4-8-12-15/h3-13H,2H2,1H3,(H,23,24,25)/b16-13-. The zero-order valence-corrected chi connectivity index (χ0v) is 14.3. The highest BCUT2D eigenvalue weighted by molar-refractivity contribution is 6.08. The number of hydrogen-bond donors (Lipinski definition) is 1. The first-order chi connectivity index (χ1) is 12.8. The number of aliphatic imine (C=N–C) groups is 1. The molecule has 1 aliphatic rings. The Hall–Kier alpha value is -3.47. The Morgan fingerprint density at radius 1 is 1.04 bits per heavy atom. The number of aromatic nitrogens is 2. The first kappa shape index (κ1) is 16.0. The third kappa shape index (κ3) is 2.95. The summed E-state index contributed by atoms with van der Waals surface area (Å²) in [6, 6.07) is 19.4. The van der Waals surface area contributed by atoms with E-state index in [1.54, 1.807) is 0 Å². The Bertz CT molecular complexity index is 1050. The summed E-state index contributed by atoms with van der Waals surface area (Å²) in [6.07, 6.45) is 1.91. The van der Waals surface area contributed by atoms with Gasteiger partial charge in [0.25, 0.3) is 5.56 Å². The van der Waals surface area contributed by atoms with Gasteiger partial charge in [-0.3, -0.25) is 4.79 Å². The lowest BCUT2D eigenvalue weighted by Crippen LogP contribution is -2.21. The average Bonchev–Trinajstić information content (AvgIpc) is 3.01. The van der Waals surface area contributed by atoms with Gasteiger partial charge in [-0.15, -0.1) is 0 Å². The molecule has 26 heavy (non-hydrogen) atoms. The van der Waals surface area contributed by atoms with Crippen molar-refractivity contribution in [2.24, 2.45) is 4.99 Å². The van der Waals surface area contributed by atoms with Crippen LogP contribution in [0, 0.1) is 0 Å². The highest BCUT2D eigenvalue weighted by atomic mass is 16.5. The number of nitrogens with one attached hydrogen (secondary N) is 1. The number of aromatic amines is 1. The van der Waals surface area contributed by atoms with Gasteiger partial charge in [0, 0.05) is 5.56 Å². The molecule has 4 rings (SSSR count). The molecule has 0 saturated carbocycles. The number of ether oxygens (including phenoxy) is 1. The van der Waals surface area contributed by atoms with Gasteiger partial charge in [0.1, 0.15) is 17.1 Å². The summed E-state index contributed by atoms with van der Waals surface area (Å²) in [5, 5.41) is 0. The Labute approximate surface area is 150 Å². The SMILES string of the molecule is CCOC1=N/C(=C\c2ccccc2)c2nc(-c3ccccc3)[nH]c(=O)c21. The molecule has 1 aromatic heterocycles. The number of H-pyrrole nitrogens is 1. The third-order valence-corrected chi connectivity index (χ3v) is 4.03. The molecule has 0 radical (unpaired) electrons. The van der Waals surface area contributed by atoms with Crippen molar-refractivity contribution in [3.8, 4) is 11.4 Å². The summed E-state index contributed by atoms with van der Waals surface area (Å²) in [7, 11) is 0. The van der Waals surface area contributed by atoms with Crippen LogP contribution in [-0.4, -0.2) is 22.5 Å². The quantitative estimate of drug-likeness (QED) is 0.788. The summed E-state index contributed by atoms with van der Waals surface area (Å²) in [4.78, 5) is 24.7. The van der Waals surface area contributed by atoms with Crippen molar-refractivity contribution in [2.45, 2.75) is 6.92 Å². The molecule has 0 atom stereocenters. The van der Waals surface area contributed by atoms with Gasteiger partial charge in [0.05, 0.1) is 12.3 Å². The van der Waals surface area contributed by atoms with E-state index in [4.69, 9.17) is 4.74 Å². The third-order valence-electron chi connectivity index (χ3n) is 4.03. The van der Waals surface area contributed by atoms with E-state index in [1.807, 2.05) is 73.7 Å². The maximum absolute atomic E-state index is 12.7. The average molecular weight is 343 g/mol. The lowest BCUT2D eigenvalue weighted by Gasteiger charge is -2.06. The molecular formula is C21H17N3O2. The summed E-state index contributed by atoms with van der Waals surface area (Å²) in [5.41, 5.74) is 3.12. The Balaban J connectivity index is 1.89. The van der Waals surface area contributed by atoms with Gasteiger partial charge in [0.2, 0.25) is 5.90 Å². The molecule has 0 spiro atoms. The minimum absolute atomic E-state index is 0.252. The molecule has 0 saturated heterocycles. The van der Waals surface area contributed by atoms with E-state index >= 15 is 0 Å². The van der Waals surface area contributed by atoms with Gasteiger partial charge >= 0.3 is 0 Å². The van der Waals surface area contributed by atoms with Crippen molar-refractivity contribution in [1.82, 2.24) is 9.97 Å². The maximum atomic E-state index is 12.7. The van der Waals surface area contributed by atoms with Crippen molar-refractivity contribution in [3.05, 3.63) is 87.8 Å². The fourth-order valence-electron chi connectivity index (χ4n) is 2.86. The molecule has 0 unspecified atom stereocenters. The predicted octanol–water partition coefficient (Wildman–Crippen LogP) is 3.73.